The van der Waals surface area contributed by atoms with Crippen LogP contribution in [0.15, 0.2) is 47.4 Å². The number of fused-ring (bicyclic) bond motifs is 1. The fraction of sp³-hybridized carbons (Fsp3) is 0.278. The lowest BCUT2D eigenvalue weighted by molar-refractivity contribution is 0.174. The Labute approximate surface area is 145 Å². The first kappa shape index (κ1) is 15.9. The average Bonchev–Trinajstić information content (AvgIpc) is 2.99. The van der Waals surface area contributed by atoms with E-state index in [1.807, 2.05) is 13.0 Å². The molecule has 3 atom stereocenters. The molecule has 0 spiro atoms. The Morgan fingerprint density at radius 1 is 1.16 bits per heavy atom. The van der Waals surface area contributed by atoms with Crippen molar-refractivity contribution in [3.8, 4) is 17.6 Å². The van der Waals surface area contributed by atoms with Gasteiger partial charge in [-0.1, -0.05) is 23.8 Å². The quantitative estimate of drug-likeness (QED) is 0.901. The molecule has 2 aromatic carbocycles. The Morgan fingerprint density at radius 3 is 2.52 bits per heavy atom. The number of sulfone groups is 1. The predicted octanol–water partition coefficient (Wildman–Crippen LogP) is 1.88. The van der Waals surface area contributed by atoms with Gasteiger partial charge in [-0.05, 0) is 36.8 Å². The van der Waals surface area contributed by atoms with Crippen molar-refractivity contribution in [2.75, 3.05) is 6.79 Å². The van der Waals surface area contributed by atoms with E-state index in [9.17, 15) is 13.7 Å². The second-order valence-electron chi connectivity index (χ2n) is 6.41. The van der Waals surface area contributed by atoms with E-state index < -0.39 is 26.5 Å². The molecule has 25 heavy (non-hydrogen) atoms. The van der Waals surface area contributed by atoms with Gasteiger partial charge in [0.1, 0.15) is 10.8 Å². The first-order valence-electron chi connectivity index (χ1n) is 7.78. The Bertz CT molecular complexity index is 995. The standard InChI is InChI=1S/C18H16N2O4S/c1-11-2-5-13(6-3-11)25(21,22)17-16(18(17,20)9-19)12-4-7-14-15(8-12)24-10-23-14/h2-8,16-17H,10,20H2,1H3/t16-,17+,18+/m0/s1. The molecule has 0 saturated heterocycles. The van der Waals surface area contributed by atoms with Crippen molar-refractivity contribution in [3.05, 3.63) is 53.6 Å². The van der Waals surface area contributed by atoms with Gasteiger partial charge in [0, 0.05) is 5.92 Å². The second-order valence-corrected chi connectivity index (χ2v) is 8.48. The predicted molar refractivity (Wildman–Crippen MR) is 90.0 cm³/mol. The van der Waals surface area contributed by atoms with Crippen molar-refractivity contribution in [2.45, 2.75) is 28.5 Å². The number of ether oxygens (including phenoxy) is 2. The third-order valence-corrected chi connectivity index (χ3v) is 7.07. The summed E-state index contributed by atoms with van der Waals surface area (Å²) in [5.41, 5.74) is 6.31. The molecule has 1 fully saturated rings. The molecule has 6 nitrogen and oxygen atoms in total. The summed E-state index contributed by atoms with van der Waals surface area (Å²) < 4.78 is 36.6. The van der Waals surface area contributed by atoms with Gasteiger partial charge in [0.15, 0.2) is 21.3 Å². The van der Waals surface area contributed by atoms with Crippen LogP contribution in [-0.4, -0.2) is 26.0 Å². The van der Waals surface area contributed by atoms with Crippen molar-refractivity contribution in [1.29, 1.82) is 5.26 Å². The topological polar surface area (TPSA) is 102 Å². The molecule has 128 valence electrons. The highest BCUT2D eigenvalue weighted by molar-refractivity contribution is 7.92. The molecular weight excluding hydrogens is 340 g/mol. The lowest BCUT2D eigenvalue weighted by Crippen LogP contribution is -2.29. The third-order valence-electron chi connectivity index (χ3n) is 4.81. The molecule has 4 rings (SSSR count). The third kappa shape index (κ3) is 2.29. The molecule has 7 heteroatoms. The zero-order valence-corrected chi connectivity index (χ0v) is 14.3. The molecule has 0 unspecified atom stereocenters. The van der Waals surface area contributed by atoms with Crippen LogP contribution in [0, 0.1) is 18.3 Å². The van der Waals surface area contributed by atoms with Gasteiger partial charge in [-0.25, -0.2) is 8.42 Å². The number of benzene rings is 2. The highest BCUT2D eigenvalue weighted by Crippen LogP contribution is 2.56. The summed E-state index contributed by atoms with van der Waals surface area (Å²) in [4.78, 5) is 0.177. The molecular formula is C18H16N2O4S. The van der Waals surface area contributed by atoms with E-state index in [1.54, 1.807) is 42.5 Å². The summed E-state index contributed by atoms with van der Waals surface area (Å²) in [5.74, 6) is 0.524. The van der Waals surface area contributed by atoms with Crippen LogP contribution in [0.1, 0.15) is 17.0 Å². The Kier molecular flexibility index (Phi) is 3.33. The fourth-order valence-electron chi connectivity index (χ4n) is 3.38. The number of nitrogens with two attached hydrogens (primary N) is 1. The van der Waals surface area contributed by atoms with E-state index in [0.29, 0.717) is 17.1 Å². The minimum atomic E-state index is -3.73. The minimum absolute atomic E-state index is 0.126. The fourth-order valence-corrected chi connectivity index (χ4v) is 5.56. The van der Waals surface area contributed by atoms with Gasteiger partial charge in [-0.2, -0.15) is 5.26 Å². The maximum atomic E-state index is 13.0. The molecule has 1 aliphatic heterocycles. The van der Waals surface area contributed by atoms with Crippen molar-refractivity contribution in [1.82, 2.24) is 0 Å². The van der Waals surface area contributed by atoms with E-state index in [0.717, 1.165) is 5.56 Å². The van der Waals surface area contributed by atoms with Gasteiger partial charge in [0.2, 0.25) is 6.79 Å². The number of hydrogen-bond acceptors (Lipinski definition) is 6. The van der Waals surface area contributed by atoms with E-state index in [1.165, 1.54) is 0 Å². The Morgan fingerprint density at radius 2 is 1.84 bits per heavy atom. The first-order valence-corrected chi connectivity index (χ1v) is 9.33. The summed E-state index contributed by atoms with van der Waals surface area (Å²) in [5, 5.41) is 8.53. The van der Waals surface area contributed by atoms with Crippen LogP contribution >= 0.6 is 0 Å². The number of nitriles is 1. The van der Waals surface area contributed by atoms with E-state index in [2.05, 4.69) is 0 Å². The van der Waals surface area contributed by atoms with Gasteiger partial charge in [0.25, 0.3) is 0 Å². The van der Waals surface area contributed by atoms with Crippen LogP contribution in [0.5, 0.6) is 11.5 Å². The van der Waals surface area contributed by atoms with Gasteiger partial charge >= 0.3 is 0 Å². The van der Waals surface area contributed by atoms with Gasteiger partial charge in [-0.3, -0.25) is 0 Å². The van der Waals surface area contributed by atoms with Gasteiger partial charge in [0.05, 0.1) is 11.0 Å². The maximum Gasteiger partial charge on any atom is 0.231 e. The maximum absolute atomic E-state index is 13.0. The molecule has 0 radical (unpaired) electrons. The van der Waals surface area contributed by atoms with Crippen LogP contribution < -0.4 is 15.2 Å². The van der Waals surface area contributed by atoms with E-state index in [-0.39, 0.29) is 11.7 Å². The van der Waals surface area contributed by atoms with Gasteiger partial charge < -0.3 is 15.2 Å². The molecule has 1 aliphatic carbocycles. The van der Waals surface area contributed by atoms with Crippen LogP contribution in [0.25, 0.3) is 0 Å². The molecule has 1 saturated carbocycles. The van der Waals surface area contributed by atoms with Crippen LogP contribution in [-0.2, 0) is 9.84 Å². The van der Waals surface area contributed by atoms with E-state index in [4.69, 9.17) is 15.2 Å². The molecule has 0 aromatic heterocycles. The minimum Gasteiger partial charge on any atom is -0.454 e. The summed E-state index contributed by atoms with van der Waals surface area (Å²) in [6.07, 6.45) is 0. The highest BCUT2D eigenvalue weighted by atomic mass is 32.2. The zero-order chi connectivity index (χ0) is 17.8. The largest absolute Gasteiger partial charge is 0.454 e. The first-order chi connectivity index (χ1) is 11.9. The summed E-state index contributed by atoms with van der Waals surface area (Å²) in [7, 11) is -3.73. The highest BCUT2D eigenvalue weighted by Gasteiger charge is 2.70. The normalized spacial score (nSPS) is 26.9. The lowest BCUT2D eigenvalue weighted by atomic mass is 10.1. The number of rotatable bonds is 3. The molecule has 2 aromatic rings. The van der Waals surface area contributed by atoms with Crippen LogP contribution in [0.2, 0.25) is 0 Å². The van der Waals surface area contributed by atoms with Crippen molar-refractivity contribution in [3.63, 3.8) is 0 Å². The number of aryl methyl sites for hydroxylation is 1. The summed E-state index contributed by atoms with van der Waals surface area (Å²) in [6.45, 7) is 2.01. The van der Waals surface area contributed by atoms with Crippen LogP contribution in [0.4, 0.5) is 0 Å². The number of nitrogens with zero attached hydrogens (tertiary/aromatic N) is 1. The molecule has 1 heterocycles. The molecule has 2 aliphatic rings. The Hall–Kier alpha value is -2.56. The number of hydrogen-bond donors (Lipinski definition) is 1. The molecule has 0 bridgehead atoms. The Balaban J connectivity index is 1.75. The van der Waals surface area contributed by atoms with Gasteiger partial charge in [-0.15, -0.1) is 0 Å². The lowest BCUT2D eigenvalue weighted by Gasteiger charge is -2.05. The molecule has 2 N–H and O–H groups in total. The second kappa shape index (κ2) is 5.22. The zero-order valence-electron chi connectivity index (χ0n) is 13.5. The SMILES string of the molecule is Cc1ccc(S(=O)(=O)[C@@H]2[C@H](c3ccc4c(c3)OCO4)[C@]2(N)C#N)cc1. The van der Waals surface area contributed by atoms with Crippen molar-refractivity contribution in [2.24, 2.45) is 5.73 Å². The van der Waals surface area contributed by atoms with Crippen molar-refractivity contribution < 1.29 is 17.9 Å². The van der Waals surface area contributed by atoms with E-state index >= 15 is 0 Å². The van der Waals surface area contributed by atoms with Crippen molar-refractivity contribution >= 4 is 9.84 Å². The average molecular weight is 356 g/mol. The summed E-state index contributed by atoms with van der Waals surface area (Å²) >= 11 is 0. The smallest absolute Gasteiger partial charge is 0.231 e. The monoisotopic (exact) mass is 356 g/mol. The molecule has 0 amide bonds. The summed E-state index contributed by atoms with van der Waals surface area (Å²) in [6, 6.07) is 13.7. The van der Waals surface area contributed by atoms with Crippen LogP contribution in [0.3, 0.4) is 0 Å².